The summed E-state index contributed by atoms with van der Waals surface area (Å²) in [6.07, 6.45) is 4.17. The highest BCUT2D eigenvalue weighted by Gasteiger charge is 2.40. The highest BCUT2D eigenvalue weighted by Crippen LogP contribution is 2.36. The van der Waals surface area contributed by atoms with Crippen molar-refractivity contribution in [1.82, 2.24) is 10.0 Å². The van der Waals surface area contributed by atoms with Gasteiger partial charge in [-0.3, -0.25) is 0 Å². The molecule has 120 valence electrons. The number of hydrogen-bond acceptors (Lipinski definition) is 4. The number of hydrogen-bond donors (Lipinski definition) is 2. The van der Waals surface area contributed by atoms with Crippen molar-refractivity contribution in [3.05, 3.63) is 17.6 Å². The molecule has 1 saturated carbocycles. The topological polar surface area (TPSA) is 71.3 Å². The number of rotatable bonds is 9. The summed E-state index contributed by atoms with van der Waals surface area (Å²) in [7, 11) is -3.46. The summed E-state index contributed by atoms with van der Waals surface area (Å²) in [6, 6.07) is 1.74. The van der Waals surface area contributed by atoms with E-state index in [1.165, 1.54) is 0 Å². The molecule has 0 saturated heterocycles. The molecule has 0 radical (unpaired) electrons. The Morgan fingerprint density at radius 3 is 2.76 bits per heavy atom. The number of furan rings is 1. The Bertz CT molecular complexity index is 565. The molecule has 0 aliphatic heterocycles. The zero-order valence-corrected chi connectivity index (χ0v) is 13.9. The summed E-state index contributed by atoms with van der Waals surface area (Å²) >= 11 is 0. The lowest BCUT2D eigenvalue weighted by Gasteiger charge is -2.04. The van der Waals surface area contributed by atoms with Crippen molar-refractivity contribution in [2.45, 2.75) is 63.9 Å². The molecule has 0 aromatic carbocycles. The van der Waals surface area contributed by atoms with E-state index < -0.39 is 10.0 Å². The van der Waals surface area contributed by atoms with Gasteiger partial charge in [0.15, 0.2) is 0 Å². The van der Waals surface area contributed by atoms with Crippen LogP contribution >= 0.6 is 0 Å². The highest BCUT2D eigenvalue weighted by molar-refractivity contribution is 7.89. The van der Waals surface area contributed by atoms with Crippen molar-refractivity contribution in [3.8, 4) is 0 Å². The minimum absolute atomic E-state index is 0.103. The molecule has 2 unspecified atom stereocenters. The lowest BCUT2D eigenvalue weighted by molar-refractivity contribution is 0.457. The second-order valence-electron chi connectivity index (χ2n) is 5.82. The average Bonchev–Trinajstić information content (AvgIpc) is 2.99. The third-order valence-corrected chi connectivity index (χ3v) is 5.42. The summed E-state index contributed by atoms with van der Waals surface area (Å²) in [4.78, 5) is 0.276. The van der Waals surface area contributed by atoms with Crippen LogP contribution in [0.5, 0.6) is 0 Å². The minimum Gasteiger partial charge on any atom is -0.464 e. The number of aryl methyl sites for hydroxylation is 1. The maximum absolute atomic E-state index is 12.4. The normalized spacial score (nSPS) is 21.7. The van der Waals surface area contributed by atoms with Gasteiger partial charge in [-0.1, -0.05) is 20.3 Å². The molecule has 1 fully saturated rings. The van der Waals surface area contributed by atoms with Crippen LogP contribution in [0.1, 0.15) is 51.1 Å². The van der Waals surface area contributed by atoms with Crippen molar-refractivity contribution in [3.63, 3.8) is 0 Å². The SMILES string of the molecule is CCCNCc1cc(S(=O)(=O)NC2CC2CCC)c(C)o1. The first-order valence-corrected chi connectivity index (χ1v) is 9.28. The zero-order valence-electron chi connectivity index (χ0n) is 13.1. The van der Waals surface area contributed by atoms with Crippen LogP contribution in [-0.4, -0.2) is 21.0 Å². The Balaban J connectivity index is 1.99. The summed E-state index contributed by atoms with van der Waals surface area (Å²) < 4.78 is 33.1. The van der Waals surface area contributed by atoms with E-state index >= 15 is 0 Å². The molecule has 0 amide bonds. The summed E-state index contributed by atoms with van der Waals surface area (Å²) in [5, 5.41) is 3.21. The van der Waals surface area contributed by atoms with Gasteiger partial charge in [0, 0.05) is 12.1 Å². The average molecular weight is 314 g/mol. The van der Waals surface area contributed by atoms with Gasteiger partial charge < -0.3 is 9.73 Å². The second-order valence-corrected chi connectivity index (χ2v) is 7.50. The van der Waals surface area contributed by atoms with Crippen molar-refractivity contribution >= 4 is 10.0 Å². The van der Waals surface area contributed by atoms with Gasteiger partial charge in [0.05, 0.1) is 6.54 Å². The van der Waals surface area contributed by atoms with E-state index in [4.69, 9.17) is 4.42 Å². The van der Waals surface area contributed by atoms with Gasteiger partial charge in [0.25, 0.3) is 0 Å². The molecule has 6 heteroatoms. The predicted octanol–water partition coefficient (Wildman–Crippen LogP) is 2.55. The Morgan fingerprint density at radius 1 is 1.33 bits per heavy atom. The molecule has 1 aliphatic rings. The van der Waals surface area contributed by atoms with Crippen LogP contribution in [0.2, 0.25) is 0 Å². The summed E-state index contributed by atoms with van der Waals surface area (Å²) in [5.74, 6) is 1.63. The fraction of sp³-hybridized carbons (Fsp3) is 0.733. The van der Waals surface area contributed by atoms with Crippen LogP contribution in [0, 0.1) is 12.8 Å². The summed E-state index contributed by atoms with van der Waals surface area (Å²) in [6.45, 7) is 7.36. The van der Waals surface area contributed by atoms with Crippen LogP contribution in [0.15, 0.2) is 15.4 Å². The quantitative estimate of drug-likeness (QED) is 0.687. The third kappa shape index (κ3) is 4.31. The van der Waals surface area contributed by atoms with Gasteiger partial charge in [0.2, 0.25) is 10.0 Å². The van der Waals surface area contributed by atoms with Crippen LogP contribution in [0.3, 0.4) is 0 Å². The number of nitrogens with one attached hydrogen (secondary N) is 2. The second kappa shape index (κ2) is 6.94. The lowest BCUT2D eigenvalue weighted by Crippen LogP contribution is -2.27. The molecular weight excluding hydrogens is 288 g/mol. The Morgan fingerprint density at radius 2 is 2.10 bits per heavy atom. The molecule has 1 aliphatic carbocycles. The first kappa shape index (κ1) is 16.5. The Hall–Kier alpha value is -0.850. The third-order valence-electron chi connectivity index (χ3n) is 3.83. The fourth-order valence-corrected chi connectivity index (χ4v) is 4.13. The monoisotopic (exact) mass is 314 g/mol. The number of sulfonamides is 1. The Kier molecular flexibility index (Phi) is 5.46. The maximum atomic E-state index is 12.4. The van der Waals surface area contributed by atoms with Gasteiger partial charge in [0.1, 0.15) is 16.4 Å². The minimum atomic E-state index is -3.46. The van der Waals surface area contributed by atoms with Gasteiger partial charge in [-0.25, -0.2) is 13.1 Å². The van der Waals surface area contributed by atoms with E-state index in [2.05, 4.69) is 23.9 Å². The van der Waals surface area contributed by atoms with Crippen LogP contribution in [-0.2, 0) is 16.6 Å². The van der Waals surface area contributed by atoms with Crippen molar-refractivity contribution < 1.29 is 12.8 Å². The first-order chi connectivity index (χ1) is 9.97. The standard InChI is InChI=1S/C15H26N2O3S/c1-4-6-12-8-14(12)17-21(18,19)15-9-13(20-11(15)3)10-16-7-5-2/h9,12,14,16-17H,4-8,10H2,1-3H3. The van der Waals surface area contributed by atoms with E-state index in [1.54, 1.807) is 13.0 Å². The van der Waals surface area contributed by atoms with E-state index in [-0.39, 0.29) is 10.9 Å². The van der Waals surface area contributed by atoms with Crippen molar-refractivity contribution in [1.29, 1.82) is 0 Å². The molecule has 0 spiro atoms. The molecule has 1 aromatic heterocycles. The maximum Gasteiger partial charge on any atom is 0.244 e. The zero-order chi connectivity index (χ0) is 15.5. The molecule has 0 bridgehead atoms. The molecule has 2 atom stereocenters. The van der Waals surface area contributed by atoms with E-state index in [1.807, 2.05) is 0 Å². The summed E-state index contributed by atoms with van der Waals surface area (Å²) in [5.41, 5.74) is 0. The largest absolute Gasteiger partial charge is 0.464 e. The van der Waals surface area contributed by atoms with E-state index in [0.717, 1.165) is 32.2 Å². The highest BCUT2D eigenvalue weighted by atomic mass is 32.2. The van der Waals surface area contributed by atoms with Gasteiger partial charge in [-0.15, -0.1) is 0 Å². The van der Waals surface area contributed by atoms with Gasteiger partial charge >= 0.3 is 0 Å². The molecule has 5 nitrogen and oxygen atoms in total. The fourth-order valence-electron chi connectivity index (χ4n) is 2.61. The predicted molar refractivity (Wildman–Crippen MR) is 82.6 cm³/mol. The molecule has 1 heterocycles. The molecule has 2 rings (SSSR count). The smallest absolute Gasteiger partial charge is 0.244 e. The molecule has 1 aromatic rings. The van der Waals surface area contributed by atoms with Crippen LogP contribution < -0.4 is 10.0 Å². The van der Waals surface area contributed by atoms with Crippen LogP contribution in [0.25, 0.3) is 0 Å². The van der Waals surface area contributed by atoms with E-state index in [9.17, 15) is 8.42 Å². The van der Waals surface area contributed by atoms with Crippen molar-refractivity contribution in [2.24, 2.45) is 5.92 Å². The van der Waals surface area contributed by atoms with Gasteiger partial charge in [-0.05, 0) is 38.6 Å². The molecule has 21 heavy (non-hydrogen) atoms. The van der Waals surface area contributed by atoms with Crippen LogP contribution in [0.4, 0.5) is 0 Å². The molecule has 2 N–H and O–H groups in total. The molecular formula is C15H26N2O3S. The Labute approximate surface area is 127 Å². The van der Waals surface area contributed by atoms with Gasteiger partial charge in [-0.2, -0.15) is 0 Å². The lowest BCUT2D eigenvalue weighted by atomic mass is 10.2. The first-order valence-electron chi connectivity index (χ1n) is 7.80. The van der Waals surface area contributed by atoms with E-state index in [0.29, 0.717) is 24.0 Å². The van der Waals surface area contributed by atoms with Crippen molar-refractivity contribution in [2.75, 3.05) is 6.54 Å².